The summed E-state index contributed by atoms with van der Waals surface area (Å²) >= 11 is 6.30. The van der Waals surface area contributed by atoms with Crippen molar-refractivity contribution in [3.05, 3.63) is 64.5 Å². The van der Waals surface area contributed by atoms with Gasteiger partial charge in [0.15, 0.2) is 5.69 Å². The standard InChI is InChI=1S/C25H29ClN8O/c1-16-14-34(15-30-16)23-12-22(32-25(27)33-23)31-21(10-17-6-4-3-5-7-17)24(35)29-13-18-8-9-19(28-2)11-20(18)26/h8-9,11-12,14-15,17,21H,3-7,10,13H2,1H3,(H,29,35)(H3,27,31,32,33). The summed E-state index contributed by atoms with van der Waals surface area (Å²) in [7, 11) is 0. The molecule has 1 fully saturated rings. The second kappa shape index (κ2) is 11.2. The number of nitrogens with one attached hydrogen (secondary N) is 2. The molecule has 9 nitrogen and oxygen atoms in total. The zero-order chi connectivity index (χ0) is 24.8. The lowest BCUT2D eigenvalue weighted by Gasteiger charge is -2.27. The van der Waals surface area contributed by atoms with Crippen molar-refractivity contribution < 1.29 is 4.79 Å². The third-order valence-electron chi connectivity index (χ3n) is 6.26. The quantitative estimate of drug-likeness (QED) is 0.388. The maximum atomic E-state index is 13.3. The molecule has 35 heavy (non-hydrogen) atoms. The number of rotatable bonds is 8. The van der Waals surface area contributed by atoms with Gasteiger partial charge in [0, 0.05) is 23.8 Å². The van der Waals surface area contributed by atoms with Crippen LogP contribution in [-0.2, 0) is 11.3 Å². The van der Waals surface area contributed by atoms with Gasteiger partial charge in [0.25, 0.3) is 0 Å². The van der Waals surface area contributed by atoms with Gasteiger partial charge < -0.3 is 16.4 Å². The Hall–Kier alpha value is -3.64. The first kappa shape index (κ1) is 24.5. The van der Waals surface area contributed by atoms with Crippen molar-refractivity contribution in [1.29, 1.82) is 0 Å². The predicted molar refractivity (Wildman–Crippen MR) is 136 cm³/mol. The van der Waals surface area contributed by atoms with E-state index in [1.165, 1.54) is 19.3 Å². The number of carbonyl (C=O) groups excluding carboxylic acids is 1. The molecular weight excluding hydrogens is 464 g/mol. The van der Waals surface area contributed by atoms with E-state index in [4.69, 9.17) is 23.9 Å². The lowest BCUT2D eigenvalue weighted by molar-refractivity contribution is -0.122. The third-order valence-corrected chi connectivity index (χ3v) is 6.61. The van der Waals surface area contributed by atoms with Crippen molar-refractivity contribution in [1.82, 2.24) is 24.8 Å². The Morgan fingerprint density at radius 2 is 2.09 bits per heavy atom. The lowest BCUT2D eigenvalue weighted by Crippen LogP contribution is -2.41. The Balaban J connectivity index is 1.52. The monoisotopic (exact) mass is 492 g/mol. The van der Waals surface area contributed by atoms with Crippen LogP contribution in [0, 0.1) is 19.4 Å². The van der Waals surface area contributed by atoms with E-state index in [-0.39, 0.29) is 18.4 Å². The first-order chi connectivity index (χ1) is 16.9. The molecule has 1 atom stereocenters. The molecule has 0 radical (unpaired) electrons. The molecule has 1 unspecified atom stereocenters. The van der Waals surface area contributed by atoms with E-state index < -0.39 is 6.04 Å². The summed E-state index contributed by atoms with van der Waals surface area (Å²) in [6.45, 7) is 9.28. The number of anilines is 2. The van der Waals surface area contributed by atoms with E-state index in [9.17, 15) is 4.79 Å². The molecule has 1 aliphatic rings. The Labute approximate surface area is 210 Å². The zero-order valence-electron chi connectivity index (χ0n) is 19.7. The van der Waals surface area contributed by atoms with Crippen LogP contribution in [0.2, 0.25) is 5.02 Å². The van der Waals surface area contributed by atoms with Gasteiger partial charge in [0.1, 0.15) is 24.0 Å². The molecule has 2 heterocycles. The minimum absolute atomic E-state index is 0.111. The molecule has 4 N–H and O–H groups in total. The average molecular weight is 493 g/mol. The van der Waals surface area contributed by atoms with E-state index in [0.717, 1.165) is 24.1 Å². The number of nitrogens with two attached hydrogens (primary N) is 1. The van der Waals surface area contributed by atoms with E-state index in [1.807, 2.05) is 13.1 Å². The van der Waals surface area contributed by atoms with Crippen molar-refractivity contribution in [2.24, 2.45) is 5.92 Å². The first-order valence-corrected chi connectivity index (χ1v) is 12.1. The van der Waals surface area contributed by atoms with Crippen LogP contribution < -0.4 is 16.4 Å². The fourth-order valence-electron chi connectivity index (χ4n) is 4.43. The minimum Gasteiger partial charge on any atom is -0.368 e. The summed E-state index contributed by atoms with van der Waals surface area (Å²) in [4.78, 5) is 29.6. The molecule has 1 saturated carbocycles. The highest BCUT2D eigenvalue weighted by atomic mass is 35.5. The second-order valence-electron chi connectivity index (χ2n) is 8.93. The van der Waals surface area contributed by atoms with Gasteiger partial charge in [-0.1, -0.05) is 55.8 Å². The first-order valence-electron chi connectivity index (χ1n) is 11.8. The van der Waals surface area contributed by atoms with Crippen LogP contribution in [0.25, 0.3) is 10.7 Å². The SMILES string of the molecule is [C-]#[N+]c1ccc(CNC(=O)C(CC2CCCCC2)Nc2cc(-n3cnc(C)c3)nc(N)n2)c(Cl)c1. The molecule has 0 aliphatic heterocycles. The molecule has 0 saturated heterocycles. The number of aromatic nitrogens is 4. The summed E-state index contributed by atoms with van der Waals surface area (Å²) in [5.41, 5.74) is 8.06. The fraction of sp³-hybridized carbons (Fsp3) is 0.400. The predicted octanol–water partition coefficient (Wildman–Crippen LogP) is 4.82. The molecule has 4 rings (SSSR count). The molecule has 1 aromatic carbocycles. The highest BCUT2D eigenvalue weighted by molar-refractivity contribution is 6.31. The topological polar surface area (TPSA) is 115 Å². The van der Waals surface area contributed by atoms with E-state index in [0.29, 0.717) is 34.7 Å². The van der Waals surface area contributed by atoms with E-state index in [1.54, 1.807) is 35.2 Å². The zero-order valence-corrected chi connectivity index (χ0v) is 20.4. The highest BCUT2D eigenvalue weighted by Crippen LogP contribution is 2.29. The minimum atomic E-state index is -0.494. The molecule has 0 spiro atoms. The van der Waals surface area contributed by atoms with Gasteiger partial charge in [-0.25, -0.2) is 9.83 Å². The Bertz CT molecular complexity index is 1230. The summed E-state index contributed by atoms with van der Waals surface area (Å²) < 4.78 is 1.77. The smallest absolute Gasteiger partial charge is 0.242 e. The highest BCUT2D eigenvalue weighted by Gasteiger charge is 2.25. The molecule has 2 aromatic heterocycles. The maximum Gasteiger partial charge on any atom is 0.242 e. The number of hydrogen-bond donors (Lipinski definition) is 3. The van der Waals surface area contributed by atoms with Crippen molar-refractivity contribution in [2.45, 2.75) is 58.0 Å². The number of amides is 1. The number of benzene rings is 1. The number of imidazole rings is 1. The number of aryl methyl sites for hydroxylation is 1. The van der Waals surface area contributed by atoms with E-state index in [2.05, 4.69) is 30.4 Å². The van der Waals surface area contributed by atoms with Gasteiger partial charge in [-0.15, -0.1) is 0 Å². The van der Waals surface area contributed by atoms with Crippen molar-refractivity contribution in [3.63, 3.8) is 0 Å². The van der Waals surface area contributed by atoms with Crippen LogP contribution in [0.1, 0.15) is 49.8 Å². The summed E-state index contributed by atoms with van der Waals surface area (Å²) in [5.74, 6) is 1.49. The average Bonchev–Trinajstić information content (AvgIpc) is 3.29. The summed E-state index contributed by atoms with van der Waals surface area (Å²) in [6.07, 6.45) is 10.0. The van der Waals surface area contributed by atoms with Crippen molar-refractivity contribution >= 4 is 35.0 Å². The number of nitrogens with zero attached hydrogens (tertiary/aromatic N) is 5. The number of nitrogen functional groups attached to an aromatic ring is 1. The summed E-state index contributed by atoms with van der Waals surface area (Å²) in [6, 6.07) is 6.34. The second-order valence-corrected chi connectivity index (χ2v) is 9.34. The molecule has 10 heteroatoms. The van der Waals surface area contributed by atoms with Crippen LogP contribution in [0.15, 0.2) is 36.8 Å². The molecule has 182 valence electrons. The third kappa shape index (κ3) is 6.49. The van der Waals surface area contributed by atoms with Crippen LogP contribution >= 0.6 is 11.6 Å². The van der Waals surface area contributed by atoms with E-state index >= 15 is 0 Å². The van der Waals surface area contributed by atoms with Gasteiger partial charge in [-0.05, 0) is 30.9 Å². The largest absolute Gasteiger partial charge is 0.368 e. The lowest BCUT2D eigenvalue weighted by atomic mass is 9.84. The molecular formula is C25H29ClN8O. The van der Waals surface area contributed by atoms with Gasteiger partial charge in [0.05, 0.1) is 12.3 Å². The maximum absolute atomic E-state index is 13.3. The summed E-state index contributed by atoms with van der Waals surface area (Å²) in [5, 5.41) is 6.76. The molecule has 1 amide bonds. The van der Waals surface area contributed by atoms with Gasteiger partial charge in [0.2, 0.25) is 11.9 Å². The number of hydrogen-bond acceptors (Lipinski definition) is 6. The van der Waals surface area contributed by atoms with Crippen molar-refractivity contribution in [3.8, 4) is 5.82 Å². The van der Waals surface area contributed by atoms with Gasteiger partial charge >= 0.3 is 0 Å². The van der Waals surface area contributed by atoms with Crippen LogP contribution in [0.5, 0.6) is 0 Å². The number of carbonyl (C=O) groups is 1. The van der Waals surface area contributed by atoms with Gasteiger partial charge in [-0.2, -0.15) is 9.97 Å². The number of halogens is 1. The van der Waals surface area contributed by atoms with Crippen LogP contribution in [-0.4, -0.2) is 31.5 Å². The fourth-order valence-corrected chi connectivity index (χ4v) is 4.67. The Morgan fingerprint density at radius 1 is 1.29 bits per heavy atom. The van der Waals surface area contributed by atoms with Crippen molar-refractivity contribution in [2.75, 3.05) is 11.1 Å². The Kier molecular flexibility index (Phi) is 7.83. The Morgan fingerprint density at radius 3 is 2.77 bits per heavy atom. The normalized spacial score (nSPS) is 14.8. The molecule has 3 aromatic rings. The van der Waals surface area contributed by atoms with Gasteiger partial charge in [-0.3, -0.25) is 9.36 Å². The molecule has 0 bridgehead atoms. The molecule has 1 aliphatic carbocycles. The van der Waals surface area contributed by atoms with Crippen LogP contribution in [0.3, 0.4) is 0 Å². The van der Waals surface area contributed by atoms with Crippen LogP contribution in [0.4, 0.5) is 17.5 Å².